The van der Waals surface area contributed by atoms with Crippen molar-refractivity contribution in [2.24, 2.45) is 0 Å². The van der Waals surface area contributed by atoms with Crippen molar-refractivity contribution in [1.29, 1.82) is 0 Å². The van der Waals surface area contributed by atoms with Crippen LogP contribution in [0.2, 0.25) is 0 Å². The van der Waals surface area contributed by atoms with Gasteiger partial charge in [0.1, 0.15) is 11.2 Å². The summed E-state index contributed by atoms with van der Waals surface area (Å²) in [5, 5.41) is 32.7. The third kappa shape index (κ3) is 1.59. The second-order valence-corrected chi connectivity index (χ2v) is 5.10. The lowest BCUT2D eigenvalue weighted by Crippen LogP contribution is -2.56. The van der Waals surface area contributed by atoms with Crippen LogP contribution in [0.4, 0.5) is 0 Å². The van der Waals surface area contributed by atoms with E-state index in [1.807, 2.05) is 5.48 Å². The standard InChI is InChI=1S/C12H17N3O4/c1-8(13-16)12(4)14(17)10(9-6-5-7-19-9)11(2,3)15(12)18/h5-7,13,16,18H,1H2,2-4H3. The smallest absolute Gasteiger partial charge is 0.290 e. The number of nitrogens with zero attached hydrogens (tertiary/aromatic N) is 2. The first-order valence-corrected chi connectivity index (χ1v) is 5.75. The maximum atomic E-state index is 12.6. The lowest BCUT2D eigenvalue weighted by atomic mass is 9.96. The molecule has 1 aromatic heterocycles. The van der Waals surface area contributed by atoms with Gasteiger partial charge < -0.3 is 14.8 Å². The highest BCUT2D eigenvalue weighted by atomic mass is 16.6. The van der Waals surface area contributed by atoms with Crippen LogP contribution in [0.25, 0.3) is 0 Å². The van der Waals surface area contributed by atoms with Crippen LogP contribution in [0.5, 0.6) is 0 Å². The van der Waals surface area contributed by atoms with Crippen molar-refractivity contribution in [3.63, 3.8) is 0 Å². The molecule has 0 radical (unpaired) electrons. The van der Waals surface area contributed by atoms with Crippen LogP contribution in [-0.4, -0.2) is 37.1 Å². The molecule has 2 heterocycles. The molecule has 104 valence electrons. The van der Waals surface area contributed by atoms with Gasteiger partial charge in [0.25, 0.3) is 11.4 Å². The molecule has 0 fully saturated rings. The molecule has 0 saturated carbocycles. The first kappa shape index (κ1) is 13.6. The Morgan fingerprint density at radius 3 is 2.63 bits per heavy atom. The van der Waals surface area contributed by atoms with E-state index in [2.05, 4.69) is 6.58 Å². The Bertz CT molecular complexity index is 535. The quantitative estimate of drug-likeness (QED) is 0.434. The first-order valence-electron chi connectivity index (χ1n) is 5.75. The van der Waals surface area contributed by atoms with Crippen LogP contribution in [-0.2, 0) is 0 Å². The summed E-state index contributed by atoms with van der Waals surface area (Å²) in [5.41, 5.74) is -0.510. The van der Waals surface area contributed by atoms with E-state index in [0.29, 0.717) is 10.5 Å². The maximum absolute atomic E-state index is 12.6. The lowest BCUT2D eigenvalue weighted by Gasteiger charge is -2.33. The fourth-order valence-electron chi connectivity index (χ4n) is 2.37. The van der Waals surface area contributed by atoms with E-state index in [1.165, 1.54) is 13.2 Å². The Morgan fingerprint density at radius 1 is 1.53 bits per heavy atom. The van der Waals surface area contributed by atoms with Crippen molar-refractivity contribution in [2.45, 2.75) is 32.0 Å². The molecular formula is C12H17N3O4. The summed E-state index contributed by atoms with van der Waals surface area (Å²) in [6, 6.07) is 3.29. The fourth-order valence-corrected chi connectivity index (χ4v) is 2.37. The van der Waals surface area contributed by atoms with Crippen LogP contribution in [0.3, 0.4) is 0 Å². The molecule has 19 heavy (non-hydrogen) atoms. The molecule has 0 saturated heterocycles. The Kier molecular flexibility index (Phi) is 2.93. The van der Waals surface area contributed by atoms with Crippen molar-refractivity contribution in [2.75, 3.05) is 0 Å². The highest BCUT2D eigenvalue weighted by Crippen LogP contribution is 2.37. The molecule has 1 atom stereocenters. The minimum Gasteiger partial charge on any atom is -0.622 e. The maximum Gasteiger partial charge on any atom is 0.290 e. The van der Waals surface area contributed by atoms with Crippen molar-refractivity contribution < 1.29 is 19.6 Å². The fraction of sp³-hybridized carbons (Fsp3) is 0.417. The van der Waals surface area contributed by atoms with E-state index in [1.54, 1.807) is 26.0 Å². The molecule has 0 spiro atoms. The van der Waals surface area contributed by atoms with Gasteiger partial charge in [-0.15, -0.1) is 5.06 Å². The highest BCUT2D eigenvalue weighted by molar-refractivity contribution is 6.02. The van der Waals surface area contributed by atoms with E-state index in [-0.39, 0.29) is 11.4 Å². The van der Waals surface area contributed by atoms with Gasteiger partial charge in [-0.05, 0) is 26.0 Å². The summed E-state index contributed by atoms with van der Waals surface area (Å²) < 4.78 is 5.83. The van der Waals surface area contributed by atoms with Crippen molar-refractivity contribution >= 4 is 5.71 Å². The molecule has 0 aliphatic carbocycles. The van der Waals surface area contributed by atoms with E-state index in [0.717, 1.165) is 5.06 Å². The molecule has 7 nitrogen and oxygen atoms in total. The van der Waals surface area contributed by atoms with Gasteiger partial charge in [0.05, 0.1) is 6.26 Å². The van der Waals surface area contributed by atoms with Crippen LogP contribution in [0.1, 0.15) is 26.5 Å². The monoisotopic (exact) mass is 267 g/mol. The van der Waals surface area contributed by atoms with Crippen LogP contribution < -0.4 is 5.48 Å². The average Bonchev–Trinajstić information content (AvgIpc) is 2.92. The number of rotatable bonds is 3. The summed E-state index contributed by atoms with van der Waals surface area (Å²) in [7, 11) is 0. The highest BCUT2D eigenvalue weighted by Gasteiger charge is 2.62. The largest absolute Gasteiger partial charge is 0.622 e. The number of hydrogen-bond donors (Lipinski definition) is 3. The molecule has 2 rings (SSSR count). The third-order valence-corrected chi connectivity index (χ3v) is 3.58. The Morgan fingerprint density at radius 2 is 2.16 bits per heavy atom. The van der Waals surface area contributed by atoms with Crippen molar-refractivity contribution in [3.05, 3.63) is 41.6 Å². The third-order valence-electron chi connectivity index (χ3n) is 3.58. The summed E-state index contributed by atoms with van der Waals surface area (Å²) in [6.07, 6.45) is 1.45. The number of hydroxylamine groups is 4. The Labute approximate surface area is 110 Å². The van der Waals surface area contributed by atoms with E-state index in [4.69, 9.17) is 9.62 Å². The normalized spacial score (nSPS) is 26.8. The van der Waals surface area contributed by atoms with Gasteiger partial charge in [0.15, 0.2) is 5.76 Å². The molecule has 0 bridgehead atoms. The molecule has 0 amide bonds. The second kappa shape index (κ2) is 4.09. The van der Waals surface area contributed by atoms with Crippen LogP contribution in [0, 0.1) is 5.21 Å². The van der Waals surface area contributed by atoms with Crippen molar-refractivity contribution in [3.8, 4) is 0 Å². The topological polar surface area (TPSA) is 94.9 Å². The van der Waals surface area contributed by atoms with Gasteiger partial charge >= 0.3 is 0 Å². The van der Waals surface area contributed by atoms with Crippen LogP contribution in [0.15, 0.2) is 35.1 Å². The first-order chi connectivity index (χ1) is 8.77. The van der Waals surface area contributed by atoms with Gasteiger partial charge in [0, 0.05) is 6.92 Å². The second-order valence-electron chi connectivity index (χ2n) is 5.10. The van der Waals surface area contributed by atoms with Gasteiger partial charge in [0.2, 0.25) is 0 Å². The summed E-state index contributed by atoms with van der Waals surface area (Å²) in [5.74, 6) is 0.355. The SMILES string of the molecule is C=C(NO)C1(C)N(O)C(C)(C)C(c2ccco2)=[N+]1[O-]. The van der Waals surface area contributed by atoms with Gasteiger partial charge in [-0.1, -0.05) is 6.58 Å². The zero-order chi connectivity index (χ0) is 14.4. The molecule has 1 aliphatic rings. The lowest BCUT2D eigenvalue weighted by molar-refractivity contribution is -0.574. The number of nitrogens with one attached hydrogen (secondary N) is 1. The predicted molar refractivity (Wildman–Crippen MR) is 66.6 cm³/mol. The molecule has 0 aromatic carbocycles. The zero-order valence-electron chi connectivity index (χ0n) is 11.0. The molecule has 1 unspecified atom stereocenters. The van der Waals surface area contributed by atoms with Gasteiger partial charge in [-0.3, -0.25) is 10.7 Å². The summed E-state index contributed by atoms with van der Waals surface area (Å²) in [4.78, 5) is 0. The predicted octanol–water partition coefficient (Wildman–Crippen LogP) is 1.27. The average molecular weight is 267 g/mol. The minimum absolute atomic E-state index is 0.0420. The van der Waals surface area contributed by atoms with Crippen LogP contribution >= 0.6 is 0 Å². The summed E-state index contributed by atoms with van der Waals surface area (Å²) in [6.45, 7) is 8.35. The van der Waals surface area contributed by atoms with Crippen molar-refractivity contribution in [1.82, 2.24) is 10.5 Å². The van der Waals surface area contributed by atoms with E-state index >= 15 is 0 Å². The molecule has 7 heteroatoms. The number of furan rings is 1. The van der Waals surface area contributed by atoms with E-state index in [9.17, 15) is 10.4 Å². The molecule has 1 aromatic rings. The van der Waals surface area contributed by atoms with Gasteiger partial charge in [-0.25, -0.2) is 0 Å². The number of hydrogen-bond acceptors (Lipinski definition) is 6. The minimum atomic E-state index is -1.54. The molecular weight excluding hydrogens is 250 g/mol. The van der Waals surface area contributed by atoms with Gasteiger partial charge in [-0.2, -0.15) is 4.74 Å². The molecule has 1 aliphatic heterocycles. The zero-order valence-corrected chi connectivity index (χ0v) is 11.0. The Balaban J connectivity index is 2.66. The Hall–Kier alpha value is -1.83. The summed E-state index contributed by atoms with van der Waals surface area (Å²) >= 11 is 0. The molecule has 3 N–H and O–H groups in total. The van der Waals surface area contributed by atoms with E-state index < -0.39 is 11.2 Å².